The molecule has 416 valence electrons. The first-order chi connectivity index (χ1) is 34.2. The lowest BCUT2D eigenvalue weighted by Crippen LogP contribution is -2.30. The van der Waals surface area contributed by atoms with Crippen molar-refractivity contribution in [3.8, 4) is 0 Å². The van der Waals surface area contributed by atoms with Crippen LogP contribution in [0.1, 0.15) is 362 Å². The van der Waals surface area contributed by atoms with Crippen LogP contribution in [0.5, 0.6) is 0 Å². The molecule has 0 N–H and O–H groups in total. The summed E-state index contributed by atoms with van der Waals surface area (Å²) in [4.78, 5) is 38.3. The number of ether oxygens (including phenoxy) is 3. The first-order valence-corrected chi connectivity index (χ1v) is 31.7. The molecule has 0 aliphatic rings. The van der Waals surface area contributed by atoms with E-state index >= 15 is 0 Å². The second-order valence-corrected chi connectivity index (χ2v) is 23.0. The summed E-state index contributed by atoms with van der Waals surface area (Å²) in [5.74, 6) is 0.851. The summed E-state index contributed by atoms with van der Waals surface area (Å²) in [6.07, 6.45) is 62.5. The van der Waals surface area contributed by atoms with Gasteiger partial charge in [0.25, 0.3) is 0 Å². The predicted molar refractivity (Wildman–Crippen MR) is 303 cm³/mol. The molecule has 70 heavy (non-hydrogen) atoms. The van der Waals surface area contributed by atoms with E-state index in [2.05, 4.69) is 34.6 Å². The van der Waals surface area contributed by atoms with Crippen LogP contribution in [0.15, 0.2) is 0 Å². The number of hydrogen-bond donors (Lipinski definition) is 0. The Labute approximate surface area is 438 Å². The van der Waals surface area contributed by atoms with Crippen molar-refractivity contribution in [1.29, 1.82) is 0 Å². The molecular weight excluding hydrogens is 865 g/mol. The zero-order valence-corrected chi connectivity index (χ0v) is 48.2. The molecule has 0 aliphatic heterocycles. The Morgan fingerprint density at radius 3 is 0.700 bits per heavy atom. The van der Waals surface area contributed by atoms with Crippen molar-refractivity contribution in [2.75, 3.05) is 13.2 Å². The zero-order chi connectivity index (χ0) is 51.1. The highest BCUT2D eigenvalue weighted by atomic mass is 16.6. The van der Waals surface area contributed by atoms with Crippen molar-refractivity contribution in [1.82, 2.24) is 0 Å². The number of hydrogen-bond acceptors (Lipinski definition) is 6. The highest BCUT2D eigenvalue weighted by molar-refractivity contribution is 5.71. The maximum atomic E-state index is 12.9. The van der Waals surface area contributed by atoms with Crippen LogP contribution in [0.4, 0.5) is 0 Å². The lowest BCUT2D eigenvalue weighted by atomic mass is 10.0. The third-order valence-electron chi connectivity index (χ3n) is 14.7. The molecule has 0 amide bonds. The average Bonchev–Trinajstić information content (AvgIpc) is 3.33. The summed E-state index contributed by atoms with van der Waals surface area (Å²) in [6, 6.07) is 0. The van der Waals surface area contributed by atoms with E-state index in [1.807, 2.05) is 0 Å². The fraction of sp³-hybridized carbons (Fsp3) is 0.953. The molecule has 0 fully saturated rings. The molecular formula is C64H124O6. The first kappa shape index (κ1) is 68.4. The normalized spacial score (nSPS) is 12.0. The highest BCUT2D eigenvalue weighted by Gasteiger charge is 2.19. The van der Waals surface area contributed by atoms with Gasteiger partial charge >= 0.3 is 17.9 Å². The molecule has 0 rings (SSSR count). The molecule has 0 heterocycles. The molecule has 0 saturated heterocycles. The first-order valence-electron chi connectivity index (χ1n) is 31.7. The van der Waals surface area contributed by atoms with E-state index in [4.69, 9.17) is 14.2 Å². The van der Waals surface area contributed by atoms with Crippen LogP contribution in [-0.4, -0.2) is 37.2 Å². The summed E-state index contributed by atoms with van der Waals surface area (Å²) in [5.41, 5.74) is 0. The Bertz CT molecular complexity index is 1070. The summed E-state index contributed by atoms with van der Waals surface area (Å²) >= 11 is 0. The average molecular weight is 990 g/mol. The second-order valence-electron chi connectivity index (χ2n) is 23.0. The van der Waals surface area contributed by atoms with Gasteiger partial charge < -0.3 is 14.2 Å². The van der Waals surface area contributed by atoms with Crippen LogP contribution in [0, 0.1) is 11.8 Å². The minimum absolute atomic E-state index is 0.0620. The second kappa shape index (κ2) is 56.7. The third kappa shape index (κ3) is 57.3. The molecule has 1 atom stereocenters. The van der Waals surface area contributed by atoms with E-state index in [0.29, 0.717) is 19.3 Å². The Kier molecular flexibility index (Phi) is 55.4. The van der Waals surface area contributed by atoms with Gasteiger partial charge in [0.15, 0.2) is 6.10 Å². The predicted octanol–water partition coefficient (Wildman–Crippen LogP) is 21.2. The molecule has 0 aliphatic carbocycles. The lowest BCUT2D eigenvalue weighted by molar-refractivity contribution is -0.167. The molecule has 0 radical (unpaired) electrons. The topological polar surface area (TPSA) is 78.9 Å². The zero-order valence-electron chi connectivity index (χ0n) is 48.2. The Hall–Kier alpha value is -1.59. The van der Waals surface area contributed by atoms with Gasteiger partial charge in [-0.1, -0.05) is 324 Å². The van der Waals surface area contributed by atoms with Gasteiger partial charge in [-0.25, -0.2) is 0 Å². The van der Waals surface area contributed by atoms with Crippen LogP contribution < -0.4 is 0 Å². The van der Waals surface area contributed by atoms with Crippen molar-refractivity contribution in [2.45, 2.75) is 368 Å². The van der Waals surface area contributed by atoms with E-state index in [9.17, 15) is 14.4 Å². The number of carbonyl (C=O) groups excluding carboxylic acids is 3. The van der Waals surface area contributed by atoms with Crippen LogP contribution in [0.25, 0.3) is 0 Å². The van der Waals surface area contributed by atoms with Crippen LogP contribution >= 0.6 is 0 Å². The summed E-state index contributed by atoms with van der Waals surface area (Å²) in [6.45, 7) is 11.4. The molecule has 0 saturated carbocycles. The molecule has 0 spiro atoms. The molecule has 0 unspecified atom stereocenters. The van der Waals surface area contributed by atoms with Gasteiger partial charge in [-0.05, 0) is 31.1 Å². The van der Waals surface area contributed by atoms with Gasteiger partial charge in [-0.3, -0.25) is 14.4 Å². The Morgan fingerprint density at radius 2 is 0.471 bits per heavy atom. The third-order valence-corrected chi connectivity index (χ3v) is 14.7. The van der Waals surface area contributed by atoms with Crippen molar-refractivity contribution in [3.63, 3.8) is 0 Å². The van der Waals surface area contributed by atoms with E-state index in [-0.39, 0.29) is 31.1 Å². The number of rotatable bonds is 58. The van der Waals surface area contributed by atoms with Crippen molar-refractivity contribution >= 4 is 17.9 Å². The minimum atomic E-state index is -0.764. The fourth-order valence-electron chi connectivity index (χ4n) is 9.93. The monoisotopic (exact) mass is 989 g/mol. The fourth-order valence-corrected chi connectivity index (χ4v) is 9.93. The number of carbonyl (C=O) groups is 3. The lowest BCUT2D eigenvalue weighted by Gasteiger charge is -2.18. The maximum absolute atomic E-state index is 12.9. The number of unbranched alkanes of at least 4 members (excludes halogenated alkanes) is 43. The summed E-state index contributed by atoms with van der Waals surface area (Å²) in [7, 11) is 0. The van der Waals surface area contributed by atoms with Crippen LogP contribution in [-0.2, 0) is 28.6 Å². The van der Waals surface area contributed by atoms with E-state index < -0.39 is 6.10 Å². The van der Waals surface area contributed by atoms with Crippen molar-refractivity contribution in [3.05, 3.63) is 0 Å². The largest absolute Gasteiger partial charge is 0.462 e. The molecule has 0 aromatic rings. The van der Waals surface area contributed by atoms with E-state index in [1.54, 1.807) is 0 Å². The van der Waals surface area contributed by atoms with Crippen molar-refractivity contribution < 1.29 is 28.6 Å². The molecule has 6 heteroatoms. The standard InChI is InChI=1S/C64H124O6/c1-6-7-8-9-10-11-12-13-14-15-16-17-20-24-31-36-41-46-51-56-64(67)70-61(58-69-63(66)55-50-45-40-35-30-26-25-28-33-38-43-48-53-60(4)5)57-68-62(65)54-49-44-39-34-29-23-21-18-19-22-27-32-37-42-47-52-59(2)3/h59-61H,6-58H2,1-5H3/t61-/m1/s1. The molecule has 6 nitrogen and oxygen atoms in total. The Balaban J connectivity index is 4.28. The summed E-state index contributed by atoms with van der Waals surface area (Å²) < 4.78 is 17.0. The van der Waals surface area contributed by atoms with Crippen LogP contribution in [0.3, 0.4) is 0 Å². The quantitative estimate of drug-likeness (QED) is 0.0343. The van der Waals surface area contributed by atoms with Gasteiger partial charge in [-0.15, -0.1) is 0 Å². The van der Waals surface area contributed by atoms with Gasteiger partial charge in [0.2, 0.25) is 0 Å². The number of esters is 3. The smallest absolute Gasteiger partial charge is 0.306 e. The van der Waals surface area contributed by atoms with Gasteiger partial charge in [0, 0.05) is 19.3 Å². The van der Waals surface area contributed by atoms with Crippen LogP contribution in [0.2, 0.25) is 0 Å². The molecule has 0 aromatic carbocycles. The molecule has 0 bridgehead atoms. The molecule has 0 aromatic heterocycles. The summed E-state index contributed by atoms with van der Waals surface area (Å²) in [5, 5.41) is 0. The minimum Gasteiger partial charge on any atom is -0.462 e. The van der Waals surface area contributed by atoms with E-state index in [0.717, 1.165) is 69.6 Å². The van der Waals surface area contributed by atoms with Gasteiger partial charge in [0.1, 0.15) is 13.2 Å². The van der Waals surface area contributed by atoms with E-state index in [1.165, 1.54) is 250 Å². The highest BCUT2D eigenvalue weighted by Crippen LogP contribution is 2.19. The maximum Gasteiger partial charge on any atom is 0.306 e. The Morgan fingerprint density at radius 1 is 0.271 bits per heavy atom. The van der Waals surface area contributed by atoms with Gasteiger partial charge in [0.05, 0.1) is 0 Å². The van der Waals surface area contributed by atoms with Crippen molar-refractivity contribution in [2.24, 2.45) is 11.8 Å². The van der Waals surface area contributed by atoms with Gasteiger partial charge in [-0.2, -0.15) is 0 Å². The SMILES string of the molecule is CCCCCCCCCCCCCCCCCCCCCC(=O)O[C@H](COC(=O)CCCCCCCCCCCCCCCCCC(C)C)COC(=O)CCCCCCCCCCCCCCC(C)C.